The summed E-state index contributed by atoms with van der Waals surface area (Å²) in [6.07, 6.45) is 0. The van der Waals surface area contributed by atoms with Crippen molar-refractivity contribution in [2.75, 3.05) is 24.4 Å². The van der Waals surface area contributed by atoms with Crippen molar-refractivity contribution in [2.45, 2.75) is 0 Å². The van der Waals surface area contributed by atoms with Gasteiger partial charge in [0, 0.05) is 0 Å². The van der Waals surface area contributed by atoms with Crippen molar-refractivity contribution < 1.29 is 19.1 Å². The second-order valence-corrected chi connectivity index (χ2v) is 6.91. The molecule has 0 unspecified atom stereocenters. The van der Waals surface area contributed by atoms with Crippen LogP contribution < -0.4 is 19.7 Å². The van der Waals surface area contributed by atoms with E-state index in [0.29, 0.717) is 34.0 Å². The molecule has 1 aliphatic rings. The highest BCUT2D eigenvalue weighted by Gasteiger charge is 2.40. The molecule has 0 bridgehead atoms. The molecule has 1 heterocycles. The molecular weight excluding hydrogens is 406 g/mol. The lowest BCUT2D eigenvalue weighted by Gasteiger charge is -2.16. The highest BCUT2D eigenvalue weighted by molar-refractivity contribution is 6.46. The van der Waals surface area contributed by atoms with Crippen molar-refractivity contribution in [3.8, 4) is 17.6 Å². The number of carbonyl (C=O) groups is 2. The predicted molar refractivity (Wildman–Crippen MR) is 120 cm³/mol. The van der Waals surface area contributed by atoms with E-state index >= 15 is 0 Å². The van der Waals surface area contributed by atoms with E-state index in [9.17, 15) is 9.59 Å². The Morgan fingerprint density at radius 3 is 2.16 bits per heavy atom. The smallest absolute Gasteiger partial charge is 0.282 e. The molecule has 0 aliphatic carbocycles. The first kappa shape index (κ1) is 20.7. The molecule has 4 rings (SSSR count). The summed E-state index contributed by atoms with van der Waals surface area (Å²) in [5.41, 5.74) is 2.30. The molecule has 0 aromatic heterocycles. The number of carbonyl (C=O) groups excluding carboxylic acids is 2. The van der Waals surface area contributed by atoms with Gasteiger partial charge in [-0.1, -0.05) is 24.3 Å². The molecular formula is C25H19N3O4. The Labute approximate surface area is 185 Å². The van der Waals surface area contributed by atoms with Gasteiger partial charge in [-0.3, -0.25) is 9.59 Å². The fraction of sp³-hybridized carbons (Fsp3) is 0.0800. The van der Waals surface area contributed by atoms with Crippen LogP contribution in [0.1, 0.15) is 11.1 Å². The Morgan fingerprint density at radius 2 is 1.53 bits per heavy atom. The zero-order valence-corrected chi connectivity index (χ0v) is 17.5. The first-order valence-electron chi connectivity index (χ1n) is 9.75. The zero-order valence-electron chi connectivity index (χ0n) is 17.5. The third kappa shape index (κ3) is 3.66. The average Bonchev–Trinajstić information content (AvgIpc) is 3.08. The molecule has 3 aromatic rings. The maximum atomic E-state index is 13.5. The number of anilines is 2. The zero-order chi connectivity index (χ0) is 22.7. The largest absolute Gasteiger partial charge is 0.497 e. The predicted octanol–water partition coefficient (Wildman–Crippen LogP) is 3.97. The fourth-order valence-corrected chi connectivity index (χ4v) is 3.47. The molecule has 0 radical (unpaired) electrons. The molecule has 158 valence electrons. The van der Waals surface area contributed by atoms with E-state index in [-0.39, 0.29) is 11.3 Å². The van der Waals surface area contributed by atoms with Crippen LogP contribution in [0, 0.1) is 11.3 Å². The minimum Gasteiger partial charge on any atom is -0.497 e. The summed E-state index contributed by atoms with van der Waals surface area (Å²) in [5.74, 6) is 0.194. The van der Waals surface area contributed by atoms with Crippen molar-refractivity contribution in [1.82, 2.24) is 0 Å². The quantitative estimate of drug-likeness (QED) is 0.601. The lowest BCUT2D eigenvalue weighted by atomic mass is 10.0. The van der Waals surface area contributed by atoms with Gasteiger partial charge in [0.05, 0.1) is 42.8 Å². The molecule has 7 nitrogen and oxygen atoms in total. The summed E-state index contributed by atoms with van der Waals surface area (Å²) in [6.45, 7) is 0. The number of methoxy groups -OCH3 is 2. The summed E-state index contributed by atoms with van der Waals surface area (Å²) < 4.78 is 10.6. The maximum absolute atomic E-state index is 13.5. The molecule has 0 saturated carbocycles. The molecule has 0 fully saturated rings. The van der Waals surface area contributed by atoms with Gasteiger partial charge in [0.25, 0.3) is 11.8 Å². The monoisotopic (exact) mass is 425 g/mol. The number of benzene rings is 3. The van der Waals surface area contributed by atoms with E-state index in [0.717, 1.165) is 4.90 Å². The second-order valence-electron chi connectivity index (χ2n) is 6.91. The molecule has 2 amide bonds. The van der Waals surface area contributed by atoms with Gasteiger partial charge < -0.3 is 14.8 Å². The number of rotatable bonds is 6. The van der Waals surface area contributed by atoms with E-state index in [1.807, 2.05) is 12.1 Å². The molecule has 1 N–H and O–H groups in total. The second kappa shape index (κ2) is 8.66. The Balaban J connectivity index is 1.82. The van der Waals surface area contributed by atoms with E-state index in [1.54, 1.807) is 73.8 Å². The summed E-state index contributed by atoms with van der Waals surface area (Å²) in [6, 6.07) is 22.4. The molecule has 3 aromatic carbocycles. The van der Waals surface area contributed by atoms with Crippen LogP contribution in [0.15, 0.2) is 78.5 Å². The van der Waals surface area contributed by atoms with Crippen LogP contribution in [0.2, 0.25) is 0 Å². The van der Waals surface area contributed by atoms with Crippen LogP contribution in [0.4, 0.5) is 11.4 Å². The SMILES string of the molecule is COc1ccc(C2=C(Nc3ccccc3OC)C(=O)N(c3ccc(C#N)cc3)C2=O)cc1. The van der Waals surface area contributed by atoms with E-state index in [4.69, 9.17) is 14.7 Å². The number of nitrogens with zero attached hydrogens (tertiary/aromatic N) is 2. The number of ether oxygens (including phenoxy) is 2. The standard InChI is InChI=1S/C25H19N3O4/c1-31-19-13-9-17(10-14-19)22-23(27-20-5-3-4-6-21(20)32-2)25(30)28(24(22)29)18-11-7-16(15-26)8-12-18/h3-14,27H,1-2H3. The number of nitrogens with one attached hydrogen (secondary N) is 1. The Hall–Kier alpha value is -4.57. The highest BCUT2D eigenvalue weighted by Crippen LogP contribution is 2.36. The van der Waals surface area contributed by atoms with Gasteiger partial charge in [0.2, 0.25) is 0 Å². The van der Waals surface area contributed by atoms with Crippen molar-refractivity contribution in [2.24, 2.45) is 0 Å². The Morgan fingerprint density at radius 1 is 0.844 bits per heavy atom. The molecule has 7 heteroatoms. The molecule has 0 atom stereocenters. The summed E-state index contributed by atoms with van der Waals surface area (Å²) in [4.78, 5) is 28.0. The number of para-hydroxylation sites is 2. The van der Waals surface area contributed by atoms with Crippen LogP contribution in [0.3, 0.4) is 0 Å². The lowest BCUT2D eigenvalue weighted by molar-refractivity contribution is -0.120. The van der Waals surface area contributed by atoms with Gasteiger partial charge in [0.15, 0.2) is 0 Å². The molecule has 32 heavy (non-hydrogen) atoms. The van der Waals surface area contributed by atoms with Gasteiger partial charge in [-0.15, -0.1) is 0 Å². The van der Waals surface area contributed by atoms with Crippen molar-refractivity contribution >= 4 is 28.8 Å². The fourth-order valence-electron chi connectivity index (χ4n) is 3.47. The van der Waals surface area contributed by atoms with Gasteiger partial charge in [-0.2, -0.15) is 5.26 Å². The van der Waals surface area contributed by atoms with E-state index < -0.39 is 11.8 Å². The van der Waals surface area contributed by atoms with Crippen LogP contribution in [0.25, 0.3) is 5.57 Å². The first-order valence-corrected chi connectivity index (χ1v) is 9.75. The molecule has 0 saturated heterocycles. The molecule has 1 aliphatic heterocycles. The third-order valence-corrected chi connectivity index (χ3v) is 5.08. The van der Waals surface area contributed by atoms with E-state index in [1.165, 1.54) is 7.11 Å². The van der Waals surface area contributed by atoms with Crippen LogP contribution in [-0.2, 0) is 9.59 Å². The number of hydrogen-bond donors (Lipinski definition) is 1. The normalized spacial score (nSPS) is 13.2. The summed E-state index contributed by atoms with van der Waals surface area (Å²) >= 11 is 0. The minimum absolute atomic E-state index is 0.133. The van der Waals surface area contributed by atoms with Gasteiger partial charge >= 0.3 is 0 Å². The molecule has 0 spiro atoms. The Bertz CT molecular complexity index is 1260. The van der Waals surface area contributed by atoms with Crippen molar-refractivity contribution in [3.63, 3.8) is 0 Å². The number of hydrogen-bond acceptors (Lipinski definition) is 6. The topological polar surface area (TPSA) is 91.7 Å². The number of imide groups is 1. The summed E-state index contributed by atoms with van der Waals surface area (Å²) in [7, 11) is 3.09. The number of nitriles is 1. The first-order chi connectivity index (χ1) is 15.6. The van der Waals surface area contributed by atoms with Gasteiger partial charge in [-0.25, -0.2) is 4.90 Å². The van der Waals surface area contributed by atoms with Gasteiger partial charge in [0.1, 0.15) is 17.2 Å². The minimum atomic E-state index is -0.503. The van der Waals surface area contributed by atoms with Crippen molar-refractivity contribution in [3.05, 3.63) is 89.6 Å². The lowest BCUT2D eigenvalue weighted by Crippen LogP contribution is -2.32. The summed E-state index contributed by atoms with van der Waals surface area (Å²) in [5, 5.41) is 12.1. The van der Waals surface area contributed by atoms with Gasteiger partial charge in [-0.05, 0) is 54.1 Å². The van der Waals surface area contributed by atoms with Crippen molar-refractivity contribution in [1.29, 1.82) is 5.26 Å². The average molecular weight is 425 g/mol. The maximum Gasteiger partial charge on any atom is 0.282 e. The van der Waals surface area contributed by atoms with Crippen LogP contribution in [0.5, 0.6) is 11.5 Å². The van der Waals surface area contributed by atoms with Crippen LogP contribution in [-0.4, -0.2) is 26.0 Å². The Kier molecular flexibility index (Phi) is 5.60. The van der Waals surface area contributed by atoms with Crippen LogP contribution >= 0.6 is 0 Å². The number of amides is 2. The third-order valence-electron chi connectivity index (χ3n) is 5.08. The highest BCUT2D eigenvalue weighted by atomic mass is 16.5. The van der Waals surface area contributed by atoms with E-state index in [2.05, 4.69) is 5.32 Å².